The van der Waals surface area contributed by atoms with Gasteiger partial charge in [-0.05, 0) is 243 Å². The first-order valence-corrected chi connectivity index (χ1v) is 42.4. The lowest BCUT2D eigenvalue weighted by Crippen LogP contribution is -2.41. The lowest BCUT2D eigenvalue weighted by Gasteiger charge is -2.33. The average molecular weight is 1890 g/mol. The number of alkyl halides is 18. The summed E-state index contributed by atoms with van der Waals surface area (Å²) in [4.78, 5) is 110. The summed E-state index contributed by atoms with van der Waals surface area (Å²) in [5.74, 6) is -7.75. The maximum Gasteiger partial charge on any atom is 0.416 e. The molecule has 0 radical (unpaired) electrons. The molecule has 4 heterocycles. The molecule has 18 rings (SSSR count). The minimum Gasteiger partial charge on any atom is -0.277 e. The summed E-state index contributed by atoms with van der Waals surface area (Å²) < 4.78 is 262. The summed E-state index contributed by atoms with van der Waals surface area (Å²) in [6.45, 7) is 5.47. The largest absolute Gasteiger partial charge is 0.416 e. The van der Waals surface area contributed by atoms with E-state index in [1.54, 1.807) is 43.3 Å². The van der Waals surface area contributed by atoms with Gasteiger partial charge in [0.15, 0.2) is 0 Å². The Balaban J connectivity index is 0.000000196. The summed E-state index contributed by atoms with van der Waals surface area (Å²) in [6, 6.07) is 70.9. The van der Waals surface area contributed by atoms with Gasteiger partial charge in [0.05, 0.1) is 78.1 Å². The molecule has 0 fully saturated rings. The fourth-order valence-corrected chi connectivity index (χ4v) is 18.0. The van der Waals surface area contributed by atoms with Gasteiger partial charge in [0, 0.05) is 25.9 Å². The molecule has 0 aromatic heterocycles. The number of hydrogen-bond donors (Lipinski definition) is 0. The van der Waals surface area contributed by atoms with Crippen molar-refractivity contribution < 1.29 is 117 Å². The monoisotopic (exact) mass is 1890 g/mol. The molecule has 138 heavy (non-hydrogen) atoms. The van der Waals surface area contributed by atoms with Gasteiger partial charge in [-0.3, -0.25) is 48.2 Å². The van der Waals surface area contributed by atoms with E-state index >= 15 is 26.3 Å². The van der Waals surface area contributed by atoms with E-state index < -0.39 is 162 Å². The Bertz CT molecular complexity index is 7220. The van der Waals surface area contributed by atoms with E-state index in [1.807, 2.05) is 43.3 Å². The van der Waals surface area contributed by atoms with Crippen LogP contribution in [0.2, 0.25) is 0 Å². The topological polar surface area (TPSA) is 150 Å². The molecule has 14 aromatic carbocycles. The summed E-state index contributed by atoms with van der Waals surface area (Å²) in [7, 11) is 2.43. The molecule has 0 saturated carbocycles. The van der Waals surface area contributed by atoms with Crippen LogP contribution in [-0.2, 0) is 35.5 Å². The zero-order valence-electron chi connectivity index (χ0n) is 72.9. The van der Waals surface area contributed by atoms with Gasteiger partial charge in [0.1, 0.15) is 10.8 Å². The molecule has 4 aliphatic heterocycles. The van der Waals surface area contributed by atoms with Gasteiger partial charge in [0.25, 0.3) is 47.3 Å². The molecule has 0 spiro atoms. The number of amides is 8. The number of halogens is 18. The fraction of sp³-hybridized carbons (Fsp3) is 0.148. The molecule has 4 atom stereocenters. The molecular weight excluding hydrogens is 1820 g/mol. The third-order valence-corrected chi connectivity index (χ3v) is 25.9. The van der Waals surface area contributed by atoms with E-state index in [0.717, 1.165) is 147 Å². The van der Waals surface area contributed by atoms with Crippen molar-refractivity contribution in [1.29, 1.82) is 0 Å². The van der Waals surface area contributed by atoms with Crippen molar-refractivity contribution in [2.75, 3.05) is 23.9 Å². The number of benzene rings is 14. The predicted molar refractivity (Wildman–Crippen MR) is 478 cm³/mol. The van der Waals surface area contributed by atoms with Gasteiger partial charge >= 0.3 is 37.1 Å². The molecule has 0 saturated heterocycles. The van der Waals surface area contributed by atoms with Crippen LogP contribution in [0.15, 0.2) is 303 Å². The lowest BCUT2D eigenvalue weighted by atomic mass is 9.74. The van der Waals surface area contributed by atoms with Crippen molar-refractivity contribution in [2.45, 2.75) is 87.4 Å². The van der Waals surface area contributed by atoms with Gasteiger partial charge in [-0.25, -0.2) is 9.80 Å². The van der Waals surface area contributed by atoms with Gasteiger partial charge in [0.2, 0.25) is 0 Å². The van der Waals surface area contributed by atoms with Crippen LogP contribution < -0.4 is 9.80 Å². The van der Waals surface area contributed by atoms with Gasteiger partial charge in [-0.1, -0.05) is 199 Å². The van der Waals surface area contributed by atoms with Crippen LogP contribution in [0.4, 0.5) is 90.4 Å². The van der Waals surface area contributed by atoms with E-state index in [-0.39, 0.29) is 90.6 Å². The van der Waals surface area contributed by atoms with E-state index in [2.05, 4.69) is 78.9 Å². The number of fused-ring (bicyclic) bond motifs is 4. The summed E-state index contributed by atoms with van der Waals surface area (Å²) >= 11 is 0. The molecule has 14 aromatic rings. The summed E-state index contributed by atoms with van der Waals surface area (Å²) in [5, 5.41) is 0. The molecule has 4 unspecified atom stereocenters. The third kappa shape index (κ3) is 16.9. The number of aryl methyl sites for hydroxylation is 2. The predicted octanol–water partition coefficient (Wildman–Crippen LogP) is 26.9. The highest BCUT2D eigenvalue weighted by Crippen LogP contribution is 2.53. The number of carbonyl (C=O) groups is 8. The second kappa shape index (κ2) is 34.3. The molecule has 8 amide bonds. The first-order chi connectivity index (χ1) is 64.9. The SMILES string of the molecule is Cc1ccc(C(c2ccc(N3C(=O)c4ccc(C(C)(c5ccc6c(c5)C(=O)N(C)C6=O)C(F)(F)F)cc4C3=O)cc2)c2cc(-c3cc(C(F)(F)F)cc(C(F)(F)F)c3)cc(-c3cc(C(F)(F)F)cc(C(F)(F)F)c3)c2)cc1.Cc1ccc(C(c2ccc(N3C(=O)c4ccc(C(C)(c5ccc6c(c5)C(=O)N(C)C6=O)C(F)(F)F)cc4C3=O)cc2)c2cccc(-c3ccc(-c4ccccc4)cc3)c2)cc1. The van der Waals surface area contributed by atoms with Crippen LogP contribution in [0.1, 0.15) is 198 Å². The number of hydrogen-bond acceptors (Lipinski definition) is 8. The maximum atomic E-state index is 15.3. The number of nitrogens with zero attached hydrogens (tertiary/aromatic N) is 4. The Kier molecular flexibility index (Phi) is 23.4. The van der Waals surface area contributed by atoms with Crippen LogP contribution in [0, 0.1) is 13.8 Å². The first-order valence-electron chi connectivity index (χ1n) is 42.4. The van der Waals surface area contributed by atoms with Crippen molar-refractivity contribution in [1.82, 2.24) is 9.80 Å². The molecular formula is C108H70F18N4O8. The van der Waals surface area contributed by atoms with E-state index in [0.29, 0.717) is 40.3 Å². The maximum absolute atomic E-state index is 15.3. The molecule has 0 aliphatic carbocycles. The van der Waals surface area contributed by atoms with Crippen molar-refractivity contribution in [3.05, 3.63) is 437 Å². The number of anilines is 2. The Morgan fingerprint density at radius 2 is 0.471 bits per heavy atom. The molecule has 12 nitrogen and oxygen atoms in total. The lowest BCUT2D eigenvalue weighted by molar-refractivity contribution is -0.173. The number of rotatable bonds is 16. The molecule has 30 heteroatoms. The van der Waals surface area contributed by atoms with Crippen molar-refractivity contribution >= 4 is 58.6 Å². The molecule has 696 valence electrons. The molecule has 0 bridgehead atoms. The van der Waals surface area contributed by atoms with Crippen molar-refractivity contribution in [3.63, 3.8) is 0 Å². The standard InChI is InChI=1S/C56H33F15N2O4.C52H37F3N2O4/c1-27-4-6-28(7-5-27)46(34-17-30(32-19-37(52(57,58)59)23-38(20-32)53(60,61)62)16-31(18-34)33-21-39(54(63,64)65)24-40(22-33)55(66,67)68)29-8-12-41(13-9-29)73-49(76)43-15-11-36(26-45(43)50(73)77)51(2,56(69,70)71)35-10-14-42-44(25-35)48(75)72(3)47(42)74;1-31-12-14-35(15-13-31)46(38-11-7-10-37(28-38)34-18-16-33(17-19-34)32-8-5-4-6-9-32)36-20-24-41(25-21-36)57-49(60)43-27-23-40(30-45(43)50(57)61)51(2,52(53,54)55)39-22-26-42-44(29-39)48(59)56(3)47(42)58/h4-26,46H,1-3H3;4-30,46H,1-3H3. The second-order valence-corrected chi connectivity index (χ2v) is 34.4. The van der Waals surface area contributed by atoms with Crippen LogP contribution in [0.5, 0.6) is 0 Å². The smallest absolute Gasteiger partial charge is 0.277 e. The first kappa shape index (κ1) is 94.2. The average Bonchev–Trinajstić information content (AvgIpc) is 1.52. The van der Waals surface area contributed by atoms with Crippen LogP contribution >= 0.6 is 0 Å². The normalized spacial score (nSPS) is 15.4. The van der Waals surface area contributed by atoms with Gasteiger partial charge in [-0.2, -0.15) is 79.0 Å². The minimum absolute atomic E-state index is 0.0147. The Hall–Kier alpha value is -15.6. The minimum atomic E-state index is -5.37. The molecule has 4 aliphatic rings. The highest BCUT2D eigenvalue weighted by Gasteiger charge is 2.57. The van der Waals surface area contributed by atoms with E-state index in [4.69, 9.17) is 0 Å². The quantitative estimate of drug-likeness (QED) is 0.0527. The van der Waals surface area contributed by atoms with E-state index in [1.165, 1.54) is 55.6 Å². The van der Waals surface area contributed by atoms with E-state index in [9.17, 15) is 91.0 Å². The second-order valence-electron chi connectivity index (χ2n) is 34.4. The van der Waals surface area contributed by atoms with Gasteiger partial charge in [-0.15, -0.1) is 0 Å². The molecule has 0 N–H and O–H groups in total. The van der Waals surface area contributed by atoms with Crippen LogP contribution in [0.3, 0.4) is 0 Å². The van der Waals surface area contributed by atoms with Crippen molar-refractivity contribution in [3.8, 4) is 44.5 Å². The number of imide groups is 4. The third-order valence-electron chi connectivity index (χ3n) is 25.9. The highest BCUT2D eigenvalue weighted by atomic mass is 19.4. The Morgan fingerprint density at radius 1 is 0.210 bits per heavy atom. The summed E-state index contributed by atoms with van der Waals surface area (Å²) in [5.41, 5.74) is -8.61. The van der Waals surface area contributed by atoms with Crippen molar-refractivity contribution in [2.24, 2.45) is 0 Å². The Labute approximate surface area is 774 Å². The van der Waals surface area contributed by atoms with Crippen LogP contribution in [0.25, 0.3) is 44.5 Å². The summed E-state index contributed by atoms with van der Waals surface area (Å²) in [6.07, 6.45) is -31.5. The van der Waals surface area contributed by atoms with Crippen LogP contribution in [-0.4, -0.2) is 83.5 Å². The number of carbonyl (C=O) groups excluding carboxylic acids is 8. The Morgan fingerprint density at radius 3 is 0.797 bits per heavy atom. The van der Waals surface area contributed by atoms with Gasteiger partial charge < -0.3 is 0 Å². The highest BCUT2D eigenvalue weighted by molar-refractivity contribution is 6.35. The zero-order valence-corrected chi connectivity index (χ0v) is 72.9. The fourth-order valence-electron chi connectivity index (χ4n) is 18.0. The zero-order chi connectivity index (χ0) is 99.1.